The molecule has 0 aliphatic rings. The molecule has 1 N–H and O–H groups in total. The number of rotatable bonds is 14. The second-order valence-electron chi connectivity index (χ2n) is 10.1. The van der Waals surface area contributed by atoms with E-state index in [1.54, 1.807) is 24.3 Å². The van der Waals surface area contributed by atoms with E-state index in [1.807, 2.05) is 44.2 Å². The zero-order chi connectivity index (χ0) is 30.9. The highest BCUT2D eigenvalue weighted by Crippen LogP contribution is 2.28. The maximum absolute atomic E-state index is 14.5. The maximum atomic E-state index is 14.5. The number of carbonyl (C=O) groups excluding carboxylic acids is 2. The van der Waals surface area contributed by atoms with Gasteiger partial charge < -0.3 is 10.2 Å². The van der Waals surface area contributed by atoms with Crippen molar-refractivity contribution >= 4 is 50.7 Å². The molecule has 0 saturated carbocycles. The standard InChI is InChI=1S/C31H36Cl2FN3O4S/c1-4-22(2)35-31(39)29(20-23-12-6-5-7-13-23)36(21-24-25(32)14-10-15-26(24)33)30(38)18-11-19-37(42(3,40)41)28-17-9-8-16-27(28)34/h5-10,12-17,22,29H,4,11,18-21H2,1-3H3,(H,35,39)/t22-,29+/m0/s1. The predicted molar refractivity (Wildman–Crippen MR) is 167 cm³/mol. The van der Waals surface area contributed by atoms with Gasteiger partial charge in [0.05, 0.1) is 11.9 Å². The molecule has 0 aliphatic heterocycles. The van der Waals surface area contributed by atoms with Crippen LogP contribution in [0.25, 0.3) is 0 Å². The molecule has 0 unspecified atom stereocenters. The van der Waals surface area contributed by atoms with Crippen molar-refractivity contribution in [1.29, 1.82) is 0 Å². The van der Waals surface area contributed by atoms with E-state index in [2.05, 4.69) is 5.32 Å². The molecule has 7 nitrogen and oxygen atoms in total. The fourth-order valence-electron chi connectivity index (χ4n) is 4.49. The third-order valence-electron chi connectivity index (χ3n) is 6.94. The van der Waals surface area contributed by atoms with E-state index >= 15 is 0 Å². The lowest BCUT2D eigenvalue weighted by molar-refractivity contribution is -0.141. The summed E-state index contributed by atoms with van der Waals surface area (Å²) in [5, 5.41) is 3.70. The Morgan fingerprint density at radius 2 is 1.57 bits per heavy atom. The summed E-state index contributed by atoms with van der Waals surface area (Å²) in [5.41, 5.74) is 1.25. The molecule has 0 fully saturated rings. The van der Waals surface area contributed by atoms with Crippen molar-refractivity contribution in [3.8, 4) is 0 Å². The number of para-hydroxylation sites is 1. The van der Waals surface area contributed by atoms with Gasteiger partial charge in [-0.05, 0) is 49.6 Å². The number of hydrogen-bond acceptors (Lipinski definition) is 4. The van der Waals surface area contributed by atoms with Gasteiger partial charge in [0.2, 0.25) is 21.8 Å². The van der Waals surface area contributed by atoms with E-state index in [0.717, 1.165) is 16.1 Å². The Balaban J connectivity index is 1.94. The highest BCUT2D eigenvalue weighted by molar-refractivity contribution is 7.92. The first kappa shape index (κ1) is 33.4. The van der Waals surface area contributed by atoms with Gasteiger partial charge in [0.25, 0.3) is 0 Å². The Hall–Kier alpha value is -3.14. The van der Waals surface area contributed by atoms with Crippen molar-refractivity contribution in [1.82, 2.24) is 10.2 Å². The van der Waals surface area contributed by atoms with E-state index in [9.17, 15) is 22.4 Å². The zero-order valence-corrected chi connectivity index (χ0v) is 26.2. The molecule has 42 heavy (non-hydrogen) atoms. The zero-order valence-electron chi connectivity index (χ0n) is 23.9. The third-order valence-corrected chi connectivity index (χ3v) is 8.82. The van der Waals surface area contributed by atoms with E-state index < -0.39 is 27.8 Å². The van der Waals surface area contributed by atoms with Crippen LogP contribution in [0.5, 0.6) is 0 Å². The SMILES string of the molecule is CC[C@H](C)NC(=O)[C@@H](Cc1ccccc1)N(Cc1c(Cl)cccc1Cl)C(=O)CCCN(c1ccccc1F)S(C)(=O)=O. The Morgan fingerprint density at radius 3 is 2.17 bits per heavy atom. The quantitative estimate of drug-likeness (QED) is 0.227. The molecule has 0 heterocycles. The van der Waals surface area contributed by atoms with Crippen molar-refractivity contribution in [2.24, 2.45) is 0 Å². The van der Waals surface area contributed by atoms with Crippen LogP contribution in [-0.2, 0) is 32.6 Å². The summed E-state index contributed by atoms with van der Waals surface area (Å²) in [6, 6.07) is 18.9. The van der Waals surface area contributed by atoms with Crippen LogP contribution < -0.4 is 9.62 Å². The predicted octanol–water partition coefficient (Wildman–Crippen LogP) is 6.23. The first-order valence-corrected chi connectivity index (χ1v) is 16.3. The number of anilines is 1. The largest absolute Gasteiger partial charge is 0.352 e. The first-order chi connectivity index (χ1) is 19.9. The lowest BCUT2D eigenvalue weighted by Gasteiger charge is -2.33. The lowest BCUT2D eigenvalue weighted by Crippen LogP contribution is -2.52. The Kier molecular flexibility index (Phi) is 12.2. The van der Waals surface area contributed by atoms with Gasteiger partial charge in [-0.1, -0.05) is 78.7 Å². The second-order valence-corrected chi connectivity index (χ2v) is 12.9. The molecule has 0 aromatic heterocycles. The number of amides is 2. The fraction of sp³-hybridized carbons (Fsp3) is 0.355. The topological polar surface area (TPSA) is 86.8 Å². The minimum atomic E-state index is -3.84. The van der Waals surface area contributed by atoms with Gasteiger partial charge in [-0.25, -0.2) is 12.8 Å². The molecule has 11 heteroatoms. The number of benzene rings is 3. The molecule has 3 aromatic rings. The van der Waals surface area contributed by atoms with Gasteiger partial charge in [-0.15, -0.1) is 0 Å². The number of nitrogens with one attached hydrogen (secondary N) is 1. The van der Waals surface area contributed by atoms with Crippen LogP contribution >= 0.6 is 23.2 Å². The summed E-state index contributed by atoms with van der Waals surface area (Å²) in [6.45, 7) is 3.67. The molecule has 0 spiro atoms. The normalized spacial score (nSPS) is 12.8. The Labute approximate surface area is 257 Å². The van der Waals surface area contributed by atoms with Crippen molar-refractivity contribution in [3.05, 3.63) is 99.8 Å². The van der Waals surface area contributed by atoms with Crippen LogP contribution in [0.1, 0.15) is 44.2 Å². The average molecular weight is 637 g/mol. The highest BCUT2D eigenvalue weighted by atomic mass is 35.5. The number of sulfonamides is 1. The van der Waals surface area contributed by atoms with Crippen LogP contribution in [-0.4, -0.2) is 50.0 Å². The minimum Gasteiger partial charge on any atom is -0.352 e. The van der Waals surface area contributed by atoms with Crippen molar-refractivity contribution in [2.45, 2.75) is 58.2 Å². The van der Waals surface area contributed by atoms with Gasteiger partial charge in [-0.2, -0.15) is 0 Å². The third kappa shape index (κ3) is 9.18. The second kappa shape index (κ2) is 15.4. The molecule has 0 radical (unpaired) electrons. The van der Waals surface area contributed by atoms with Crippen molar-refractivity contribution in [3.63, 3.8) is 0 Å². The van der Waals surface area contributed by atoms with E-state index in [4.69, 9.17) is 23.2 Å². The molecule has 226 valence electrons. The molecule has 0 aliphatic carbocycles. The number of hydrogen-bond donors (Lipinski definition) is 1. The highest BCUT2D eigenvalue weighted by Gasteiger charge is 2.32. The van der Waals surface area contributed by atoms with Crippen molar-refractivity contribution < 1.29 is 22.4 Å². The summed E-state index contributed by atoms with van der Waals surface area (Å²) < 4.78 is 40.5. The first-order valence-electron chi connectivity index (χ1n) is 13.7. The molecular formula is C31H36Cl2FN3O4S. The van der Waals surface area contributed by atoms with E-state index in [0.29, 0.717) is 22.0 Å². The van der Waals surface area contributed by atoms with E-state index in [1.165, 1.54) is 23.1 Å². The Morgan fingerprint density at radius 1 is 0.952 bits per heavy atom. The summed E-state index contributed by atoms with van der Waals surface area (Å²) >= 11 is 13.0. The molecule has 0 bridgehead atoms. The summed E-state index contributed by atoms with van der Waals surface area (Å²) in [4.78, 5) is 29.0. The van der Waals surface area contributed by atoms with Crippen LogP contribution in [0.2, 0.25) is 10.0 Å². The Bertz CT molecular complexity index is 1450. The maximum Gasteiger partial charge on any atom is 0.243 e. The van der Waals surface area contributed by atoms with Crippen LogP contribution in [0.15, 0.2) is 72.8 Å². The average Bonchev–Trinajstić information content (AvgIpc) is 2.94. The van der Waals surface area contributed by atoms with Gasteiger partial charge in [-0.3, -0.25) is 13.9 Å². The molecule has 2 atom stereocenters. The molecule has 3 aromatic carbocycles. The van der Waals surface area contributed by atoms with Gasteiger partial charge in [0.15, 0.2) is 0 Å². The summed E-state index contributed by atoms with van der Waals surface area (Å²) in [7, 11) is -3.84. The fourth-order valence-corrected chi connectivity index (χ4v) is 5.97. The molecule has 3 rings (SSSR count). The van der Waals surface area contributed by atoms with Gasteiger partial charge in [0, 0.05) is 47.6 Å². The minimum absolute atomic E-state index is 0.0358. The molecule has 0 saturated heterocycles. The number of nitrogens with zero attached hydrogens (tertiary/aromatic N) is 2. The van der Waals surface area contributed by atoms with Gasteiger partial charge in [0.1, 0.15) is 11.9 Å². The van der Waals surface area contributed by atoms with Crippen LogP contribution in [0.4, 0.5) is 10.1 Å². The summed E-state index contributed by atoms with van der Waals surface area (Å²) in [6.07, 6.45) is 1.90. The molecular weight excluding hydrogens is 600 g/mol. The monoisotopic (exact) mass is 635 g/mol. The molecule has 2 amide bonds. The van der Waals surface area contributed by atoms with E-state index in [-0.39, 0.29) is 50.0 Å². The van der Waals surface area contributed by atoms with Gasteiger partial charge >= 0.3 is 0 Å². The smallest absolute Gasteiger partial charge is 0.243 e. The van der Waals surface area contributed by atoms with Crippen molar-refractivity contribution in [2.75, 3.05) is 17.1 Å². The number of carbonyl (C=O) groups is 2. The summed E-state index contributed by atoms with van der Waals surface area (Å²) in [5.74, 6) is -1.41. The van der Waals surface area contributed by atoms with Crippen LogP contribution in [0, 0.1) is 5.82 Å². The van der Waals surface area contributed by atoms with Crippen LogP contribution in [0.3, 0.4) is 0 Å². The lowest BCUT2D eigenvalue weighted by atomic mass is 10.0. The number of halogens is 3.